The van der Waals surface area contributed by atoms with Gasteiger partial charge in [0.15, 0.2) is 0 Å². The summed E-state index contributed by atoms with van der Waals surface area (Å²) in [5.41, 5.74) is 7.29. The first-order chi connectivity index (χ1) is 6.84. The second-order valence-electron chi connectivity index (χ2n) is 3.87. The Balaban J connectivity index is 1.68. The van der Waals surface area contributed by atoms with Crippen LogP contribution in [0.4, 0.5) is 5.69 Å². The van der Waals surface area contributed by atoms with Crippen LogP contribution in [0.2, 0.25) is 0 Å². The van der Waals surface area contributed by atoms with Crippen LogP contribution in [0.15, 0.2) is 18.3 Å². The molecule has 2 rings (SSSR count). The van der Waals surface area contributed by atoms with Crippen LogP contribution in [0.3, 0.4) is 0 Å². The minimum Gasteiger partial charge on any atom is -0.399 e. The monoisotopic (exact) mass is 192 g/mol. The third-order valence-corrected chi connectivity index (χ3v) is 2.46. The summed E-state index contributed by atoms with van der Waals surface area (Å²) in [4.78, 5) is 4.17. The standard InChI is InChI=1S/C11H16N2O/c12-10-3-5-13-11(7-10)8-14-6-4-9-1-2-9/h3,5,7,9H,1-2,4,6,8H2,(H2,12,13). The first-order valence-electron chi connectivity index (χ1n) is 5.13. The Kier molecular flexibility index (Phi) is 2.99. The van der Waals surface area contributed by atoms with Crippen LogP contribution in [0, 0.1) is 5.92 Å². The molecule has 1 aliphatic carbocycles. The molecular weight excluding hydrogens is 176 g/mol. The molecule has 1 aromatic heterocycles. The van der Waals surface area contributed by atoms with Gasteiger partial charge in [0, 0.05) is 18.5 Å². The van der Waals surface area contributed by atoms with Crippen molar-refractivity contribution in [1.82, 2.24) is 4.98 Å². The van der Waals surface area contributed by atoms with Gasteiger partial charge in [0.05, 0.1) is 12.3 Å². The highest BCUT2D eigenvalue weighted by Crippen LogP contribution is 2.32. The SMILES string of the molecule is Nc1ccnc(COCCC2CC2)c1. The molecule has 0 saturated heterocycles. The van der Waals surface area contributed by atoms with E-state index in [4.69, 9.17) is 10.5 Å². The summed E-state index contributed by atoms with van der Waals surface area (Å²) < 4.78 is 5.51. The number of nitrogens with two attached hydrogens (primary N) is 1. The summed E-state index contributed by atoms with van der Waals surface area (Å²) in [7, 11) is 0. The van der Waals surface area contributed by atoms with Crippen molar-refractivity contribution >= 4 is 5.69 Å². The molecule has 2 N–H and O–H groups in total. The van der Waals surface area contributed by atoms with Gasteiger partial charge in [-0.3, -0.25) is 4.98 Å². The average Bonchev–Trinajstić information content (AvgIpc) is 2.96. The van der Waals surface area contributed by atoms with Crippen LogP contribution in [0.5, 0.6) is 0 Å². The van der Waals surface area contributed by atoms with Crippen molar-refractivity contribution in [3.05, 3.63) is 24.0 Å². The lowest BCUT2D eigenvalue weighted by atomic mass is 10.3. The van der Waals surface area contributed by atoms with Crippen molar-refractivity contribution in [1.29, 1.82) is 0 Å². The third kappa shape index (κ3) is 3.00. The van der Waals surface area contributed by atoms with Gasteiger partial charge in [0.25, 0.3) is 0 Å². The van der Waals surface area contributed by atoms with Crippen LogP contribution >= 0.6 is 0 Å². The molecule has 0 unspecified atom stereocenters. The van der Waals surface area contributed by atoms with Gasteiger partial charge >= 0.3 is 0 Å². The summed E-state index contributed by atoms with van der Waals surface area (Å²) in [5, 5.41) is 0. The van der Waals surface area contributed by atoms with Crippen LogP contribution in [0.25, 0.3) is 0 Å². The summed E-state index contributed by atoms with van der Waals surface area (Å²) in [6.07, 6.45) is 5.69. The average molecular weight is 192 g/mol. The lowest BCUT2D eigenvalue weighted by molar-refractivity contribution is 0.112. The predicted octanol–water partition coefficient (Wildman–Crippen LogP) is 1.98. The van der Waals surface area contributed by atoms with E-state index in [0.717, 1.165) is 23.9 Å². The molecular formula is C11H16N2O. The number of hydrogen-bond donors (Lipinski definition) is 1. The maximum atomic E-state index is 5.63. The fraction of sp³-hybridized carbons (Fsp3) is 0.545. The zero-order valence-electron chi connectivity index (χ0n) is 8.28. The number of rotatable bonds is 5. The normalized spacial score (nSPS) is 15.7. The predicted molar refractivity (Wildman–Crippen MR) is 55.6 cm³/mol. The molecule has 14 heavy (non-hydrogen) atoms. The van der Waals surface area contributed by atoms with E-state index in [2.05, 4.69) is 4.98 Å². The van der Waals surface area contributed by atoms with Gasteiger partial charge in [-0.05, 0) is 24.5 Å². The molecule has 0 aliphatic heterocycles. The molecule has 3 heteroatoms. The molecule has 1 aromatic rings. The minimum absolute atomic E-state index is 0.581. The number of aromatic nitrogens is 1. The second-order valence-corrected chi connectivity index (χ2v) is 3.87. The highest BCUT2D eigenvalue weighted by atomic mass is 16.5. The maximum Gasteiger partial charge on any atom is 0.0888 e. The van der Waals surface area contributed by atoms with E-state index in [9.17, 15) is 0 Å². The molecule has 0 spiro atoms. The van der Waals surface area contributed by atoms with Crippen molar-refractivity contribution in [2.75, 3.05) is 12.3 Å². The van der Waals surface area contributed by atoms with Crippen LogP contribution in [0.1, 0.15) is 25.0 Å². The van der Waals surface area contributed by atoms with Crippen LogP contribution in [-0.2, 0) is 11.3 Å². The molecule has 0 atom stereocenters. The van der Waals surface area contributed by atoms with Gasteiger partial charge in [0.1, 0.15) is 0 Å². The van der Waals surface area contributed by atoms with Gasteiger partial charge in [-0.25, -0.2) is 0 Å². The lowest BCUT2D eigenvalue weighted by Gasteiger charge is -2.03. The third-order valence-electron chi connectivity index (χ3n) is 2.46. The highest BCUT2D eigenvalue weighted by molar-refractivity contribution is 5.36. The van der Waals surface area contributed by atoms with E-state index in [1.165, 1.54) is 19.3 Å². The van der Waals surface area contributed by atoms with Crippen LogP contribution < -0.4 is 5.73 Å². The van der Waals surface area contributed by atoms with E-state index in [1.54, 1.807) is 12.3 Å². The van der Waals surface area contributed by atoms with Gasteiger partial charge in [-0.1, -0.05) is 12.8 Å². The van der Waals surface area contributed by atoms with Crippen molar-refractivity contribution < 1.29 is 4.74 Å². The minimum atomic E-state index is 0.581. The van der Waals surface area contributed by atoms with E-state index in [-0.39, 0.29) is 0 Å². The number of nitrogen functional groups attached to an aromatic ring is 1. The van der Waals surface area contributed by atoms with Crippen molar-refractivity contribution in [3.63, 3.8) is 0 Å². The quantitative estimate of drug-likeness (QED) is 0.726. The number of hydrogen-bond acceptors (Lipinski definition) is 3. The Morgan fingerprint density at radius 3 is 3.07 bits per heavy atom. The Hall–Kier alpha value is -1.09. The maximum absolute atomic E-state index is 5.63. The first kappa shape index (κ1) is 9.46. The number of anilines is 1. The van der Waals surface area contributed by atoms with Crippen LogP contribution in [-0.4, -0.2) is 11.6 Å². The zero-order chi connectivity index (χ0) is 9.80. The van der Waals surface area contributed by atoms with E-state index in [0.29, 0.717) is 6.61 Å². The fourth-order valence-electron chi connectivity index (χ4n) is 1.41. The zero-order valence-corrected chi connectivity index (χ0v) is 8.28. The van der Waals surface area contributed by atoms with Crippen molar-refractivity contribution in [2.24, 2.45) is 5.92 Å². The van der Waals surface area contributed by atoms with Crippen molar-refractivity contribution in [2.45, 2.75) is 25.9 Å². The summed E-state index contributed by atoms with van der Waals surface area (Å²) >= 11 is 0. The van der Waals surface area contributed by atoms with Gasteiger partial charge in [-0.2, -0.15) is 0 Å². The molecule has 1 saturated carbocycles. The summed E-state index contributed by atoms with van der Waals surface area (Å²) in [6.45, 7) is 1.43. The molecule has 1 fully saturated rings. The molecule has 0 aromatic carbocycles. The summed E-state index contributed by atoms with van der Waals surface area (Å²) in [5.74, 6) is 0.934. The van der Waals surface area contributed by atoms with Gasteiger partial charge in [-0.15, -0.1) is 0 Å². The topological polar surface area (TPSA) is 48.1 Å². The first-order valence-corrected chi connectivity index (χ1v) is 5.13. The van der Waals surface area contributed by atoms with Gasteiger partial charge < -0.3 is 10.5 Å². The Bertz CT molecular complexity index is 297. The Labute approximate surface area is 84.3 Å². The number of pyridine rings is 1. The highest BCUT2D eigenvalue weighted by Gasteiger charge is 2.20. The van der Waals surface area contributed by atoms with Crippen molar-refractivity contribution in [3.8, 4) is 0 Å². The smallest absolute Gasteiger partial charge is 0.0888 e. The second kappa shape index (κ2) is 4.42. The molecule has 0 bridgehead atoms. The van der Waals surface area contributed by atoms with E-state index >= 15 is 0 Å². The molecule has 0 amide bonds. The van der Waals surface area contributed by atoms with Gasteiger partial charge in [0.2, 0.25) is 0 Å². The lowest BCUT2D eigenvalue weighted by Crippen LogP contribution is -1.99. The van der Waals surface area contributed by atoms with E-state index in [1.807, 2.05) is 6.07 Å². The van der Waals surface area contributed by atoms with E-state index < -0.39 is 0 Å². The molecule has 1 heterocycles. The Morgan fingerprint density at radius 1 is 1.50 bits per heavy atom. The fourth-order valence-corrected chi connectivity index (χ4v) is 1.41. The number of nitrogens with zero attached hydrogens (tertiary/aromatic N) is 1. The molecule has 76 valence electrons. The molecule has 0 radical (unpaired) electrons. The molecule has 3 nitrogen and oxygen atoms in total. The summed E-state index contributed by atoms with van der Waals surface area (Å²) in [6, 6.07) is 3.64. The molecule has 1 aliphatic rings. The largest absolute Gasteiger partial charge is 0.399 e. The number of ether oxygens (including phenoxy) is 1. The Morgan fingerprint density at radius 2 is 2.36 bits per heavy atom.